The van der Waals surface area contributed by atoms with E-state index < -0.39 is 5.82 Å². The average Bonchev–Trinajstić information content (AvgIpc) is 2.73. The van der Waals surface area contributed by atoms with Gasteiger partial charge in [-0.1, -0.05) is 28.1 Å². The van der Waals surface area contributed by atoms with Gasteiger partial charge in [0.15, 0.2) is 12.4 Å². The van der Waals surface area contributed by atoms with Crippen LogP contribution in [-0.2, 0) is 0 Å². The van der Waals surface area contributed by atoms with Gasteiger partial charge in [-0.3, -0.25) is 9.59 Å². The molecule has 0 unspecified atom stereocenters. The lowest BCUT2D eigenvalue weighted by Crippen LogP contribution is -2.12. The highest BCUT2D eigenvalue weighted by molar-refractivity contribution is 9.10. The van der Waals surface area contributed by atoms with E-state index >= 15 is 0 Å². The van der Waals surface area contributed by atoms with E-state index in [9.17, 15) is 14.0 Å². The predicted molar refractivity (Wildman–Crippen MR) is 117 cm³/mol. The number of ether oxygens (including phenoxy) is 1. The molecule has 0 amide bonds. The summed E-state index contributed by atoms with van der Waals surface area (Å²) >= 11 is 3.39. The van der Waals surface area contributed by atoms with Gasteiger partial charge in [0.05, 0.1) is 10.9 Å². The molecule has 4 nitrogen and oxygen atoms in total. The van der Waals surface area contributed by atoms with Gasteiger partial charge in [0, 0.05) is 16.1 Å². The van der Waals surface area contributed by atoms with Gasteiger partial charge in [0.1, 0.15) is 22.9 Å². The van der Waals surface area contributed by atoms with Crippen molar-refractivity contribution in [2.75, 3.05) is 6.61 Å². The van der Waals surface area contributed by atoms with Crippen molar-refractivity contribution in [3.63, 3.8) is 0 Å². The maximum absolute atomic E-state index is 13.0. The minimum atomic E-state index is -0.407. The number of hydrogen-bond acceptors (Lipinski definition) is 4. The first-order valence-corrected chi connectivity index (χ1v) is 9.96. The lowest BCUT2D eigenvalue weighted by Gasteiger charge is -2.09. The quantitative estimate of drug-likeness (QED) is 0.342. The molecule has 0 atom stereocenters. The van der Waals surface area contributed by atoms with Crippen LogP contribution in [0.15, 0.2) is 80.4 Å². The Morgan fingerprint density at radius 2 is 1.73 bits per heavy atom. The molecule has 3 aromatic carbocycles. The Hall–Kier alpha value is -3.25. The topological polar surface area (TPSA) is 56.5 Å². The molecule has 0 aliphatic heterocycles. The zero-order valence-corrected chi connectivity index (χ0v) is 17.5. The molecular weight excluding hydrogens is 451 g/mol. The van der Waals surface area contributed by atoms with E-state index in [1.54, 1.807) is 25.1 Å². The molecule has 0 spiro atoms. The SMILES string of the molecule is Cc1oc2cc(OCC(=O)c3ccc(F)cc3)ccc2c(=O)c1-c1ccc(Br)cc1. The van der Waals surface area contributed by atoms with Crippen molar-refractivity contribution < 1.29 is 18.3 Å². The summed E-state index contributed by atoms with van der Waals surface area (Å²) in [6.45, 7) is 1.53. The Balaban J connectivity index is 1.61. The number of hydrogen-bond donors (Lipinski definition) is 0. The summed E-state index contributed by atoms with van der Waals surface area (Å²) in [6.07, 6.45) is 0. The van der Waals surface area contributed by atoms with E-state index in [1.807, 2.05) is 24.3 Å². The molecule has 0 aliphatic rings. The molecular formula is C24H16BrFO4. The highest BCUT2D eigenvalue weighted by atomic mass is 79.9. The maximum atomic E-state index is 13.0. The molecule has 0 fully saturated rings. The van der Waals surface area contributed by atoms with Crippen LogP contribution < -0.4 is 10.2 Å². The van der Waals surface area contributed by atoms with E-state index in [4.69, 9.17) is 9.15 Å². The van der Waals surface area contributed by atoms with Gasteiger partial charge in [-0.2, -0.15) is 0 Å². The minimum Gasteiger partial charge on any atom is -0.485 e. The monoisotopic (exact) mass is 466 g/mol. The first kappa shape index (κ1) is 20.0. The van der Waals surface area contributed by atoms with Crippen molar-refractivity contribution >= 4 is 32.7 Å². The van der Waals surface area contributed by atoms with E-state index in [-0.39, 0.29) is 17.8 Å². The normalized spacial score (nSPS) is 10.9. The van der Waals surface area contributed by atoms with Gasteiger partial charge in [-0.15, -0.1) is 0 Å². The Labute approximate surface area is 180 Å². The molecule has 6 heteroatoms. The second-order valence-electron chi connectivity index (χ2n) is 6.75. The van der Waals surface area contributed by atoms with Crippen LogP contribution in [0, 0.1) is 12.7 Å². The van der Waals surface area contributed by atoms with Gasteiger partial charge in [0.25, 0.3) is 0 Å². The number of Topliss-reactive ketones (excluding diaryl/α,β-unsaturated/α-hetero) is 1. The number of ketones is 1. The number of aryl methyl sites for hydroxylation is 1. The molecule has 30 heavy (non-hydrogen) atoms. The fourth-order valence-electron chi connectivity index (χ4n) is 3.19. The summed E-state index contributed by atoms with van der Waals surface area (Å²) in [5, 5.41) is 0.427. The summed E-state index contributed by atoms with van der Waals surface area (Å²) in [7, 11) is 0. The van der Waals surface area contributed by atoms with E-state index in [0.29, 0.717) is 33.6 Å². The third kappa shape index (κ3) is 4.04. The maximum Gasteiger partial charge on any atom is 0.200 e. The third-order valence-corrected chi connectivity index (χ3v) is 5.24. The van der Waals surface area contributed by atoms with Crippen molar-refractivity contribution in [1.29, 1.82) is 0 Å². The van der Waals surface area contributed by atoms with Crippen LogP contribution in [0.25, 0.3) is 22.1 Å². The first-order valence-electron chi connectivity index (χ1n) is 9.17. The van der Waals surface area contributed by atoms with Crippen molar-refractivity contribution in [3.8, 4) is 16.9 Å². The van der Waals surface area contributed by atoms with Crippen molar-refractivity contribution in [2.24, 2.45) is 0 Å². The molecule has 0 saturated carbocycles. The minimum absolute atomic E-state index is 0.134. The molecule has 4 rings (SSSR count). The molecule has 4 aromatic rings. The van der Waals surface area contributed by atoms with Crippen LogP contribution in [0.4, 0.5) is 4.39 Å². The lowest BCUT2D eigenvalue weighted by molar-refractivity contribution is 0.0921. The number of carbonyl (C=O) groups is 1. The molecule has 0 aliphatic carbocycles. The van der Waals surface area contributed by atoms with Crippen LogP contribution in [0.2, 0.25) is 0 Å². The fraction of sp³-hybridized carbons (Fsp3) is 0.0833. The molecule has 0 radical (unpaired) electrons. The summed E-state index contributed by atoms with van der Waals surface area (Å²) in [4.78, 5) is 25.2. The van der Waals surface area contributed by atoms with Crippen LogP contribution in [0.3, 0.4) is 0 Å². The summed E-state index contributed by atoms with van der Waals surface area (Å²) < 4.78 is 25.4. The zero-order valence-electron chi connectivity index (χ0n) is 15.9. The van der Waals surface area contributed by atoms with E-state index in [0.717, 1.165) is 10.0 Å². The number of rotatable bonds is 5. The van der Waals surface area contributed by atoms with Gasteiger partial charge < -0.3 is 9.15 Å². The van der Waals surface area contributed by atoms with Gasteiger partial charge in [0.2, 0.25) is 5.43 Å². The Morgan fingerprint density at radius 3 is 2.43 bits per heavy atom. The third-order valence-electron chi connectivity index (χ3n) is 4.71. The van der Waals surface area contributed by atoms with Crippen LogP contribution >= 0.6 is 15.9 Å². The number of benzene rings is 3. The molecule has 0 N–H and O–H groups in total. The van der Waals surface area contributed by atoms with Crippen LogP contribution in [0.1, 0.15) is 16.1 Å². The smallest absolute Gasteiger partial charge is 0.200 e. The van der Waals surface area contributed by atoms with Crippen LogP contribution in [0.5, 0.6) is 5.75 Å². The van der Waals surface area contributed by atoms with Crippen molar-refractivity contribution in [1.82, 2.24) is 0 Å². The summed E-state index contributed by atoms with van der Waals surface area (Å²) in [6, 6.07) is 17.6. The highest BCUT2D eigenvalue weighted by Crippen LogP contribution is 2.27. The molecule has 1 heterocycles. The van der Waals surface area contributed by atoms with Crippen molar-refractivity contribution in [2.45, 2.75) is 6.92 Å². The Bertz CT molecular complexity index is 1290. The number of halogens is 2. The fourth-order valence-corrected chi connectivity index (χ4v) is 3.46. The number of fused-ring (bicyclic) bond motifs is 1. The zero-order chi connectivity index (χ0) is 21.3. The van der Waals surface area contributed by atoms with Crippen LogP contribution in [-0.4, -0.2) is 12.4 Å². The Morgan fingerprint density at radius 1 is 1.03 bits per heavy atom. The average molecular weight is 467 g/mol. The largest absolute Gasteiger partial charge is 0.485 e. The predicted octanol–water partition coefficient (Wildman–Crippen LogP) is 5.93. The van der Waals surface area contributed by atoms with Gasteiger partial charge in [-0.05, 0) is 61.0 Å². The summed E-state index contributed by atoms with van der Waals surface area (Å²) in [5.41, 5.74) is 1.89. The standard InChI is InChI=1S/C24H16BrFO4/c1-14-23(16-2-6-17(25)7-3-16)24(28)20-11-10-19(12-22(20)30-14)29-13-21(27)15-4-8-18(26)9-5-15/h2-12H,13H2,1H3. The van der Waals surface area contributed by atoms with E-state index in [1.165, 1.54) is 24.3 Å². The molecule has 150 valence electrons. The highest BCUT2D eigenvalue weighted by Gasteiger charge is 2.15. The molecule has 0 bridgehead atoms. The van der Waals surface area contributed by atoms with Gasteiger partial charge in [-0.25, -0.2) is 4.39 Å². The van der Waals surface area contributed by atoms with Gasteiger partial charge >= 0.3 is 0 Å². The summed E-state index contributed by atoms with van der Waals surface area (Å²) in [5.74, 6) is 0.208. The Kier molecular flexibility index (Phi) is 5.50. The first-order chi connectivity index (χ1) is 14.4. The molecule has 1 aromatic heterocycles. The second kappa shape index (κ2) is 8.24. The number of carbonyl (C=O) groups excluding carboxylic acids is 1. The van der Waals surface area contributed by atoms with Crippen molar-refractivity contribution in [3.05, 3.63) is 98.6 Å². The van der Waals surface area contributed by atoms with E-state index in [2.05, 4.69) is 15.9 Å². The molecule has 0 saturated heterocycles. The second-order valence-corrected chi connectivity index (χ2v) is 7.66. The lowest BCUT2D eigenvalue weighted by atomic mass is 10.0.